The van der Waals surface area contributed by atoms with E-state index in [1.807, 2.05) is 0 Å². The molecule has 98 valence electrons. The summed E-state index contributed by atoms with van der Waals surface area (Å²) in [5.74, 6) is -0.0317. The monoisotopic (exact) mass is 358 g/mol. The minimum absolute atomic E-state index is 0.144. The topological polar surface area (TPSA) is 83.8 Å². The van der Waals surface area contributed by atoms with Crippen molar-refractivity contribution in [3.63, 3.8) is 0 Å². The second-order valence-corrected chi connectivity index (χ2v) is 5.36. The lowest BCUT2D eigenvalue weighted by molar-refractivity contribution is 0.102. The number of thiocarbonyl (C=S) groups is 1. The van der Waals surface area contributed by atoms with E-state index in [0.717, 1.165) is 4.47 Å². The molecule has 5 nitrogen and oxygen atoms in total. The van der Waals surface area contributed by atoms with Gasteiger partial charge in [0.15, 0.2) is 0 Å². The molecule has 1 aromatic heterocycles. The first-order chi connectivity index (χ1) is 8.99. The number of nitrogens with zero attached hydrogens (tertiary/aromatic N) is 1. The number of rotatable bonds is 3. The van der Waals surface area contributed by atoms with E-state index in [1.165, 1.54) is 6.20 Å². The number of halogens is 2. The number of nitrogens with two attached hydrogens (primary N) is 1. The van der Waals surface area contributed by atoms with Crippen LogP contribution < -0.4 is 11.1 Å². The summed E-state index contributed by atoms with van der Waals surface area (Å²) in [6.45, 7) is 0. The summed E-state index contributed by atoms with van der Waals surface area (Å²) < 4.78 is 0.791. The standard InChI is InChI=1S/C11H8BrClN4OS/c12-5-1-2-6(8(13)3-5)11(18)16-10-7(9(14)19)4-15-17-10/h1-4H,(H2,14,19)(H2,15,16,17,18). The number of aromatic amines is 1. The molecule has 0 aliphatic rings. The van der Waals surface area contributed by atoms with Crippen molar-refractivity contribution in [2.24, 2.45) is 5.73 Å². The normalized spacial score (nSPS) is 10.2. The predicted molar refractivity (Wildman–Crippen MR) is 81.6 cm³/mol. The molecular weight excluding hydrogens is 352 g/mol. The molecule has 0 fully saturated rings. The highest BCUT2D eigenvalue weighted by atomic mass is 79.9. The van der Waals surface area contributed by atoms with Crippen molar-refractivity contribution in [2.75, 3.05) is 5.32 Å². The van der Waals surface area contributed by atoms with Gasteiger partial charge in [-0.3, -0.25) is 9.89 Å². The zero-order valence-corrected chi connectivity index (χ0v) is 12.6. The van der Waals surface area contributed by atoms with Gasteiger partial charge < -0.3 is 11.1 Å². The van der Waals surface area contributed by atoms with Crippen molar-refractivity contribution in [2.45, 2.75) is 0 Å². The summed E-state index contributed by atoms with van der Waals surface area (Å²) in [5.41, 5.74) is 6.32. The Morgan fingerprint density at radius 1 is 1.47 bits per heavy atom. The number of anilines is 1. The highest BCUT2D eigenvalue weighted by Crippen LogP contribution is 2.22. The van der Waals surface area contributed by atoms with Crippen LogP contribution in [0.5, 0.6) is 0 Å². The first-order valence-corrected chi connectivity index (χ1v) is 6.66. The molecule has 4 N–H and O–H groups in total. The van der Waals surface area contributed by atoms with Crippen molar-refractivity contribution in [3.05, 3.63) is 45.0 Å². The summed E-state index contributed by atoms with van der Waals surface area (Å²) in [7, 11) is 0. The largest absolute Gasteiger partial charge is 0.389 e. The molecule has 0 aliphatic heterocycles. The fourth-order valence-electron chi connectivity index (χ4n) is 1.42. The quantitative estimate of drug-likeness (QED) is 0.736. The lowest BCUT2D eigenvalue weighted by Gasteiger charge is -2.06. The van der Waals surface area contributed by atoms with Crippen LogP contribution in [0.1, 0.15) is 15.9 Å². The first kappa shape index (κ1) is 14.0. The van der Waals surface area contributed by atoms with Gasteiger partial charge in [-0.15, -0.1) is 0 Å². The summed E-state index contributed by atoms with van der Waals surface area (Å²) in [6.07, 6.45) is 1.45. The van der Waals surface area contributed by atoms with E-state index < -0.39 is 0 Å². The molecule has 0 saturated heterocycles. The van der Waals surface area contributed by atoms with E-state index in [1.54, 1.807) is 18.2 Å². The van der Waals surface area contributed by atoms with Gasteiger partial charge in [0.1, 0.15) is 10.8 Å². The third-order valence-corrected chi connectivity index (χ3v) is 3.34. The molecule has 0 bridgehead atoms. The zero-order valence-electron chi connectivity index (χ0n) is 9.41. The van der Waals surface area contributed by atoms with Crippen LogP contribution in [-0.2, 0) is 0 Å². The fraction of sp³-hybridized carbons (Fsp3) is 0. The van der Waals surface area contributed by atoms with Crippen LogP contribution in [0, 0.1) is 0 Å². The van der Waals surface area contributed by atoms with E-state index in [0.29, 0.717) is 22.0 Å². The Hall–Kier alpha value is -1.44. The minimum atomic E-state index is -0.376. The summed E-state index contributed by atoms with van der Waals surface area (Å²) in [5, 5.41) is 9.36. The summed E-state index contributed by atoms with van der Waals surface area (Å²) in [4.78, 5) is 12.2. The number of amides is 1. The Morgan fingerprint density at radius 3 is 2.84 bits per heavy atom. The van der Waals surface area contributed by atoms with E-state index in [-0.39, 0.29) is 10.9 Å². The maximum atomic E-state index is 12.1. The molecule has 2 aromatic rings. The van der Waals surface area contributed by atoms with Crippen molar-refractivity contribution < 1.29 is 4.79 Å². The maximum Gasteiger partial charge on any atom is 0.258 e. The van der Waals surface area contributed by atoms with E-state index in [4.69, 9.17) is 29.6 Å². The molecule has 0 aliphatic carbocycles. The SMILES string of the molecule is NC(=S)c1cn[nH]c1NC(=O)c1ccc(Br)cc1Cl. The number of hydrogen-bond acceptors (Lipinski definition) is 3. The number of carbonyl (C=O) groups excluding carboxylic acids is 1. The number of nitrogens with one attached hydrogen (secondary N) is 2. The van der Waals surface area contributed by atoms with E-state index in [9.17, 15) is 4.79 Å². The second-order valence-electron chi connectivity index (χ2n) is 3.60. The van der Waals surface area contributed by atoms with Gasteiger partial charge in [-0.25, -0.2) is 0 Å². The fourth-order valence-corrected chi connectivity index (χ4v) is 2.34. The highest BCUT2D eigenvalue weighted by Gasteiger charge is 2.15. The van der Waals surface area contributed by atoms with Gasteiger partial charge >= 0.3 is 0 Å². The van der Waals surface area contributed by atoms with Crippen LogP contribution in [0.25, 0.3) is 0 Å². The molecule has 0 saturated carbocycles. The van der Waals surface area contributed by atoms with Crippen molar-refractivity contribution in [3.8, 4) is 0 Å². The van der Waals surface area contributed by atoms with E-state index >= 15 is 0 Å². The molecule has 1 aromatic carbocycles. The summed E-state index contributed by atoms with van der Waals surface area (Å²) >= 11 is 14.1. The molecule has 1 amide bonds. The van der Waals surface area contributed by atoms with Crippen molar-refractivity contribution in [1.82, 2.24) is 10.2 Å². The molecule has 19 heavy (non-hydrogen) atoms. The molecule has 0 unspecified atom stereocenters. The number of carbonyl (C=O) groups is 1. The highest BCUT2D eigenvalue weighted by molar-refractivity contribution is 9.10. The molecule has 0 atom stereocenters. The molecule has 8 heteroatoms. The first-order valence-electron chi connectivity index (χ1n) is 5.08. The van der Waals surface area contributed by atoms with Gasteiger partial charge in [0.2, 0.25) is 0 Å². The third-order valence-electron chi connectivity index (χ3n) is 2.32. The number of benzene rings is 1. The molecular formula is C11H8BrClN4OS. The molecule has 0 spiro atoms. The third kappa shape index (κ3) is 3.12. The smallest absolute Gasteiger partial charge is 0.258 e. The van der Waals surface area contributed by atoms with Gasteiger partial charge in [0, 0.05) is 4.47 Å². The van der Waals surface area contributed by atoms with Gasteiger partial charge in [0.05, 0.1) is 22.3 Å². The number of hydrogen-bond donors (Lipinski definition) is 3. The van der Waals surface area contributed by atoms with Crippen LogP contribution in [-0.4, -0.2) is 21.1 Å². The Bertz CT molecular complexity index is 658. The van der Waals surface area contributed by atoms with Gasteiger partial charge in [-0.2, -0.15) is 5.10 Å². The average molecular weight is 360 g/mol. The Kier molecular flexibility index (Phi) is 4.18. The molecule has 1 heterocycles. The molecule has 0 radical (unpaired) electrons. The van der Waals surface area contributed by atoms with Crippen LogP contribution in [0.15, 0.2) is 28.9 Å². The predicted octanol–water partition coefficient (Wildman–Crippen LogP) is 2.71. The second kappa shape index (κ2) is 5.68. The Labute approximate surface area is 127 Å². The Morgan fingerprint density at radius 2 is 2.21 bits per heavy atom. The number of H-pyrrole nitrogens is 1. The average Bonchev–Trinajstić information content (AvgIpc) is 2.76. The Balaban J connectivity index is 2.26. The molecule has 2 rings (SSSR count). The van der Waals surface area contributed by atoms with Gasteiger partial charge in [-0.05, 0) is 18.2 Å². The lowest BCUT2D eigenvalue weighted by atomic mass is 10.2. The zero-order chi connectivity index (χ0) is 14.0. The van der Waals surface area contributed by atoms with Gasteiger partial charge in [0.25, 0.3) is 5.91 Å². The van der Waals surface area contributed by atoms with Crippen molar-refractivity contribution >= 4 is 56.5 Å². The number of aromatic nitrogens is 2. The van der Waals surface area contributed by atoms with Crippen LogP contribution in [0.2, 0.25) is 5.02 Å². The van der Waals surface area contributed by atoms with E-state index in [2.05, 4.69) is 31.4 Å². The van der Waals surface area contributed by atoms with Crippen LogP contribution in [0.3, 0.4) is 0 Å². The van der Waals surface area contributed by atoms with Crippen molar-refractivity contribution in [1.29, 1.82) is 0 Å². The van der Waals surface area contributed by atoms with Crippen LogP contribution in [0.4, 0.5) is 5.82 Å². The lowest BCUT2D eigenvalue weighted by Crippen LogP contribution is -2.17. The van der Waals surface area contributed by atoms with Crippen LogP contribution >= 0.6 is 39.7 Å². The minimum Gasteiger partial charge on any atom is -0.389 e. The van der Waals surface area contributed by atoms with Gasteiger partial charge in [-0.1, -0.05) is 39.7 Å². The maximum absolute atomic E-state index is 12.1. The summed E-state index contributed by atoms with van der Waals surface area (Å²) in [6, 6.07) is 4.97.